The van der Waals surface area contributed by atoms with Crippen molar-refractivity contribution in [3.05, 3.63) is 0 Å². The first kappa shape index (κ1) is 22.5. The van der Waals surface area contributed by atoms with Crippen LogP contribution in [0.1, 0.15) is 64.7 Å². The molecule has 0 atom stereocenters. The van der Waals surface area contributed by atoms with Crippen molar-refractivity contribution in [3.8, 4) is 0 Å². The Labute approximate surface area is 168 Å². The number of carbonyl (C=O) groups excluding carboxylic acids is 2. The molecule has 160 valence electrons. The second-order valence-corrected chi connectivity index (χ2v) is 7.91. The molecule has 28 heavy (non-hydrogen) atoms. The maximum absolute atomic E-state index is 12.4. The topological polar surface area (TPSA) is 102 Å². The third-order valence-corrected chi connectivity index (χ3v) is 5.87. The van der Waals surface area contributed by atoms with E-state index >= 15 is 0 Å². The molecule has 0 aromatic heterocycles. The number of nitrogens with one attached hydrogen (secondary N) is 2. The number of likely N-dealkylation sites (tertiary alicyclic amines) is 1. The summed E-state index contributed by atoms with van der Waals surface area (Å²) in [6, 6.07) is 0.397. The number of rotatable bonds is 9. The molecule has 1 aliphatic heterocycles. The van der Waals surface area contributed by atoms with Crippen LogP contribution >= 0.6 is 0 Å². The number of likely N-dealkylation sites (N-methyl/N-ethyl adjacent to an activating group) is 1. The lowest BCUT2D eigenvalue weighted by atomic mass is 9.96. The van der Waals surface area contributed by atoms with Gasteiger partial charge in [-0.1, -0.05) is 26.2 Å². The Hall–Kier alpha value is -1.83. The first-order chi connectivity index (χ1) is 13.5. The number of carboxylic acids is 1. The number of piperidine rings is 1. The number of aliphatic carboxylic acids is 1. The number of hydrogen-bond acceptors (Lipinski definition) is 4. The first-order valence-corrected chi connectivity index (χ1v) is 10.8. The highest BCUT2D eigenvalue weighted by atomic mass is 16.4. The van der Waals surface area contributed by atoms with Crippen LogP contribution in [0.15, 0.2) is 0 Å². The summed E-state index contributed by atoms with van der Waals surface area (Å²) in [4.78, 5) is 39.1. The standard InChI is InChI=1S/C20H36N4O4/c1-2-23(15-19(26)27)17-10-13-24(14-11-17)18(25)9-6-12-21-20(28)22-16-7-4-3-5-8-16/h16-17H,2-15H2,1H3,(H,26,27)(H2,21,22,28). The predicted octanol–water partition coefficient (Wildman–Crippen LogP) is 1.80. The van der Waals surface area contributed by atoms with E-state index in [1.807, 2.05) is 16.7 Å². The molecular weight excluding hydrogens is 360 g/mol. The fourth-order valence-corrected chi connectivity index (χ4v) is 4.24. The molecule has 8 heteroatoms. The third-order valence-electron chi connectivity index (χ3n) is 5.87. The van der Waals surface area contributed by atoms with Gasteiger partial charge in [-0.3, -0.25) is 14.5 Å². The van der Waals surface area contributed by atoms with E-state index < -0.39 is 5.97 Å². The van der Waals surface area contributed by atoms with Crippen molar-refractivity contribution in [1.82, 2.24) is 20.4 Å². The zero-order valence-corrected chi connectivity index (χ0v) is 17.1. The lowest BCUT2D eigenvalue weighted by molar-refractivity contribution is -0.140. The highest BCUT2D eigenvalue weighted by molar-refractivity contribution is 5.76. The van der Waals surface area contributed by atoms with Gasteiger partial charge in [-0.15, -0.1) is 0 Å². The first-order valence-electron chi connectivity index (χ1n) is 10.8. The van der Waals surface area contributed by atoms with Gasteiger partial charge in [0.05, 0.1) is 6.54 Å². The fourth-order valence-electron chi connectivity index (χ4n) is 4.24. The molecule has 3 amide bonds. The van der Waals surface area contributed by atoms with Gasteiger partial charge in [-0.05, 0) is 38.6 Å². The minimum absolute atomic E-state index is 0.0592. The van der Waals surface area contributed by atoms with Gasteiger partial charge in [-0.25, -0.2) is 4.79 Å². The Bertz CT molecular complexity index is 514. The molecule has 0 unspecified atom stereocenters. The number of carboxylic acid groups (broad SMARTS) is 1. The van der Waals surface area contributed by atoms with E-state index in [0.717, 1.165) is 25.7 Å². The number of carbonyl (C=O) groups is 3. The van der Waals surface area contributed by atoms with Crippen molar-refractivity contribution in [2.45, 2.75) is 76.8 Å². The predicted molar refractivity (Wildman–Crippen MR) is 107 cm³/mol. The van der Waals surface area contributed by atoms with Gasteiger partial charge >= 0.3 is 12.0 Å². The van der Waals surface area contributed by atoms with E-state index in [2.05, 4.69) is 10.6 Å². The van der Waals surface area contributed by atoms with Crippen LogP contribution < -0.4 is 10.6 Å². The Morgan fingerprint density at radius 1 is 1.07 bits per heavy atom. The van der Waals surface area contributed by atoms with E-state index in [1.165, 1.54) is 19.3 Å². The molecule has 2 fully saturated rings. The van der Waals surface area contributed by atoms with E-state index in [-0.39, 0.29) is 24.5 Å². The molecule has 0 bridgehead atoms. The van der Waals surface area contributed by atoms with Gasteiger partial charge in [0.25, 0.3) is 0 Å². The van der Waals surface area contributed by atoms with Gasteiger partial charge in [0.1, 0.15) is 0 Å². The normalized spacial score (nSPS) is 18.9. The van der Waals surface area contributed by atoms with Crippen molar-refractivity contribution in [2.75, 3.05) is 32.7 Å². The van der Waals surface area contributed by atoms with E-state index in [4.69, 9.17) is 5.11 Å². The molecule has 1 aliphatic carbocycles. The molecule has 0 spiro atoms. The van der Waals surface area contributed by atoms with Crippen LogP contribution in [0.5, 0.6) is 0 Å². The summed E-state index contributed by atoms with van der Waals surface area (Å²) in [5.74, 6) is -0.686. The van der Waals surface area contributed by atoms with Crippen LogP contribution in [0.2, 0.25) is 0 Å². The monoisotopic (exact) mass is 396 g/mol. The third kappa shape index (κ3) is 7.66. The van der Waals surface area contributed by atoms with Gasteiger partial charge < -0.3 is 20.6 Å². The van der Waals surface area contributed by atoms with Crippen molar-refractivity contribution in [2.24, 2.45) is 0 Å². The Morgan fingerprint density at radius 2 is 1.75 bits per heavy atom. The number of urea groups is 1. The average molecular weight is 397 g/mol. The van der Waals surface area contributed by atoms with Gasteiger partial charge in [-0.2, -0.15) is 0 Å². The summed E-state index contributed by atoms with van der Waals surface area (Å²) in [5, 5.41) is 14.9. The van der Waals surface area contributed by atoms with Crippen molar-refractivity contribution in [3.63, 3.8) is 0 Å². The Balaban J connectivity index is 1.58. The molecule has 0 aromatic rings. The summed E-state index contributed by atoms with van der Waals surface area (Å²) in [6.45, 7) is 4.59. The minimum Gasteiger partial charge on any atom is -0.480 e. The summed E-state index contributed by atoms with van der Waals surface area (Å²) >= 11 is 0. The molecule has 1 saturated carbocycles. The second-order valence-electron chi connectivity index (χ2n) is 7.91. The second kappa shape index (κ2) is 11.9. The lowest BCUT2D eigenvalue weighted by Gasteiger charge is -2.37. The summed E-state index contributed by atoms with van der Waals surface area (Å²) < 4.78 is 0. The van der Waals surface area contributed by atoms with Crippen molar-refractivity contribution < 1.29 is 19.5 Å². The molecule has 2 rings (SSSR count). The van der Waals surface area contributed by atoms with E-state index in [0.29, 0.717) is 45.1 Å². The van der Waals surface area contributed by atoms with E-state index in [9.17, 15) is 14.4 Å². The van der Waals surface area contributed by atoms with Gasteiger partial charge in [0.15, 0.2) is 0 Å². The molecule has 0 aromatic carbocycles. The number of nitrogens with zero attached hydrogens (tertiary/aromatic N) is 2. The minimum atomic E-state index is -0.805. The highest BCUT2D eigenvalue weighted by Gasteiger charge is 2.27. The zero-order valence-electron chi connectivity index (χ0n) is 17.1. The van der Waals surface area contributed by atoms with Crippen LogP contribution in [0.4, 0.5) is 4.79 Å². The lowest BCUT2D eigenvalue weighted by Crippen LogP contribution is -2.48. The van der Waals surface area contributed by atoms with Gasteiger partial charge in [0.2, 0.25) is 5.91 Å². The van der Waals surface area contributed by atoms with Crippen molar-refractivity contribution in [1.29, 1.82) is 0 Å². The SMILES string of the molecule is CCN(CC(=O)O)C1CCN(C(=O)CCCNC(=O)NC2CCCCC2)CC1. The number of hydrogen-bond donors (Lipinski definition) is 3. The Kier molecular flexibility index (Phi) is 9.54. The van der Waals surface area contributed by atoms with Crippen molar-refractivity contribution >= 4 is 17.9 Å². The summed E-state index contributed by atoms with van der Waals surface area (Å²) in [5.41, 5.74) is 0. The van der Waals surface area contributed by atoms with Crippen LogP contribution in [0, 0.1) is 0 Å². The molecule has 8 nitrogen and oxygen atoms in total. The summed E-state index contributed by atoms with van der Waals surface area (Å²) in [7, 11) is 0. The smallest absolute Gasteiger partial charge is 0.317 e. The maximum Gasteiger partial charge on any atom is 0.317 e. The van der Waals surface area contributed by atoms with Crippen LogP contribution in [0.25, 0.3) is 0 Å². The number of amides is 3. The average Bonchev–Trinajstić information content (AvgIpc) is 2.70. The fraction of sp³-hybridized carbons (Fsp3) is 0.850. The summed E-state index contributed by atoms with van der Waals surface area (Å²) in [6.07, 6.45) is 8.44. The molecule has 1 saturated heterocycles. The van der Waals surface area contributed by atoms with E-state index in [1.54, 1.807) is 0 Å². The molecule has 2 aliphatic rings. The van der Waals surface area contributed by atoms with Gasteiger partial charge in [0, 0.05) is 38.1 Å². The molecule has 1 heterocycles. The van der Waals surface area contributed by atoms with Crippen LogP contribution in [-0.4, -0.2) is 77.6 Å². The largest absolute Gasteiger partial charge is 0.480 e. The molecular formula is C20H36N4O4. The van der Waals surface area contributed by atoms with Crippen LogP contribution in [0.3, 0.4) is 0 Å². The van der Waals surface area contributed by atoms with Crippen LogP contribution in [-0.2, 0) is 9.59 Å². The highest BCUT2D eigenvalue weighted by Crippen LogP contribution is 2.18. The zero-order chi connectivity index (χ0) is 20.4. The molecule has 0 radical (unpaired) electrons. The molecule has 3 N–H and O–H groups in total. The quantitative estimate of drug-likeness (QED) is 0.516. The maximum atomic E-state index is 12.4. The Morgan fingerprint density at radius 3 is 2.36 bits per heavy atom.